The molecule has 6 nitrogen and oxygen atoms in total. The first kappa shape index (κ1) is 30.9. The monoisotopic (exact) mass is 600 g/mol. The SMILES string of the molecule is CCC1(COc2ccc(C(C)(c3ccc(OCC4(CC)COC4)cc3)c3ccc(OCC4(CC)COC4)cc3)cc2)COC1. The smallest absolute Gasteiger partial charge is 0.119 e. The maximum absolute atomic E-state index is 6.24. The van der Waals surface area contributed by atoms with Gasteiger partial charge < -0.3 is 28.4 Å². The minimum atomic E-state index is -0.402. The van der Waals surface area contributed by atoms with Gasteiger partial charge in [0.1, 0.15) is 17.2 Å². The molecule has 0 amide bonds. The summed E-state index contributed by atoms with van der Waals surface area (Å²) in [7, 11) is 0. The molecular formula is C38H48O6. The lowest BCUT2D eigenvalue weighted by atomic mass is 9.71. The fourth-order valence-electron chi connectivity index (χ4n) is 6.20. The van der Waals surface area contributed by atoms with Crippen molar-refractivity contribution in [3.8, 4) is 17.2 Å². The van der Waals surface area contributed by atoms with Gasteiger partial charge in [-0.25, -0.2) is 0 Å². The van der Waals surface area contributed by atoms with Crippen LogP contribution in [-0.4, -0.2) is 59.5 Å². The summed E-state index contributed by atoms with van der Waals surface area (Å²) in [6, 6.07) is 25.8. The van der Waals surface area contributed by atoms with E-state index < -0.39 is 5.41 Å². The van der Waals surface area contributed by atoms with Crippen molar-refractivity contribution in [3.05, 3.63) is 89.5 Å². The van der Waals surface area contributed by atoms with Gasteiger partial charge in [0.15, 0.2) is 0 Å². The van der Waals surface area contributed by atoms with Crippen molar-refractivity contribution in [2.75, 3.05) is 59.5 Å². The third-order valence-electron chi connectivity index (χ3n) is 10.6. The van der Waals surface area contributed by atoms with E-state index in [9.17, 15) is 0 Å². The zero-order chi connectivity index (χ0) is 30.7. The second kappa shape index (κ2) is 12.7. The number of rotatable bonds is 15. The van der Waals surface area contributed by atoms with Gasteiger partial charge in [-0.3, -0.25) is 0 Å². The van der Waals surface area contributed by atoms with Crippen molar-refractivity contribution in [2.45, 2.75) is 52.4 Å². The third-order valence-corrected chi connectivity index (χ3v) is 10.6. The molecule has 0 aromatic heterocycles. The Kier molecular flexibility index (Phi) is 8.96. The first-order valence-electron chi connectivity index (χ1n) is 16.3. The highest BCUT2D eigenvalue weighted by Crippen LogP contribution is 2.42. The van der Waals surface area contributed by atoms with Crippen molar-refractivity contribution in [1.29, 1.82) is 0 Å². The number of ether oxygens (including phenoxy) is 6. The van der Waals surface area contributed by atoms with Crippen LogP contribution in [0.4, 0.5) is 0 Å². The van der Waals surface area contributed by atoms with Gasteiger partial charge in [0.2, 0.25) is 0 Å². The lowest BCUT2D eigenvalue weighted by Crippen LogP contribution is -2.46. The fraction of sp³-hybridized carbons (Fsp3) is 0.526. The first-order chi connectivity index (χ1) is 21.4. The van der Waals surface area contributed by atoms with Gasteiger partial charge in [-0.05, 0) is 79.3 Å². The van der Waals surface area contributed by atoms with Gasteiger partial charge in [0, 0.05) is 5.41 Å². The largest absolute Gasteiger partial charge is 0.493 e. The molecule has 3 heterocycles. The highest BCUT2D eigenvalue weighted by atomic mass is 16.5. The van der Waals surface area contributed by atoms with Gasteiger partial charge in [0.25, 0.3) is 0 Å². The number of hydrogen-bond donors (Lipinski definition) is 0. The van der Waals surface area contributed by atoms with Crippen LogP contribution in [0.25, 0.3) is 0 Å². The summed E-state index contributed by atoms with van der Waals surface area (Å²) < 4.78 is 35.2. The second-order valence-electron chi connectivity index (χ2n) is 13.6. The maximum Gasteiger partial charge on any atom is 0.119 e. The zero-order valence-electron chi connectivity index (χ0n) is 26.9. The molecule has 3 aromatic rings. The Balaban J connectivity index is 1.23. The Morgan fingerprint density at radius 1 is 0.477 bits per heavy atom. The van der Waals surface area contributed by atoms with E-state index in [0.29, 0.717) is 19.8 Å². The Labute approximate surface area is 263 Å². The Hall–Kier alpha value is -3.06. The first-order valence-corrected chi connectivity index (χ1v) is 16.3. The molecular weight excluding hydrogens is 552 g/mol. The summed E-state index contributed by atoms with van der Waals surface area (Å²) in [4.78, 5) is 0. The quantitative estimate of drug-likeness (QED) is 0.169. The molecule has 0 N–H and O–H groups in total. The summed E-state index contributed by atoms with van der Waals surface area (Å²) in [5.74, 6) is 2.66. The highest BCUT2D eigenvalue weighted by Gasteiger charge is 2.40. The second-order valence-corrected chi connectivity index (χ2v) is 13.6. The average Bonchev–Trinajstić information content (AvgIpc) is 3.01. The lowest BCUT2D eigenvalue weighted by molar-refractivity contribution is -0.133. The van der Waals surface area contributed by atoms with Crippen molar-refractivity contribution < 1.29 is 28.4 Å². The molecule has 0 saturated carbocycles. The maximum atomic E-state index is 6.24. The molecule has 44 heavy (non-hydrogen) atoms. The molecule has 6 rings (SSSR count). The van der Waals surface area contributed by atoms with Gasteiger partial charge in [0.05, 0.1) is 75.7 Å². The molecule has 0 radical (unpaired) electrons. The summed E-state index contributed by atoms with van der Waals surface area (Å²) in [5, 5.41) is 0. The van der Waals surface area contributed by atoms with E-state index in [0.717, 1.165) is 76.2 Å². The molecule has 3 aromatic carbocycles. The molecule has 3 saturated heterocycles. The van der Waals surface area contributed by atoms with Crippen molar-refractivity contribution in [2.24, 2.45) is 16.2 Å². The molecule has 6 heteroatoms. The average molecular weight is 601 g/mol. The molecule has 0 aliphatic carbocycles. The van der Waals surface area contributed by atoms with Crippen LogP contribution in [0.3, 0.4) is 0 Å². The molecule has 0 unspecified atom stereocenters. The Morgan fingerprint density at radius 3 is 0.909 bits per heavy atom. The van der Waals surface area contributed by atoms with Crippen LogP contribution in [0, 0.1) is 16.2 Å². The minimum absolute atomic E-state index is 0.145. The lowest BCUT2D eigenvalue weighted by Gasteiger charge is -2.40. The minimum Gasteiger partial charge on any atom is -0.493 e. The Bertz CT molecular complexity index is 1170. The van der Waals surface area contributed by atoms with E-state index in [1.54, 1.807) is 0 Å². The van der Waals surface area contributed by atoms with E-state index >= 15 is 0 Å². The van der Waals surface area contributed by atoms with Crippen LogP contribution < -0.4 is 14.2 Å². The van der Waals surface area contributed by atoms with Gasteiger partial charge in [-0.2, -0.15) is 0 Å². The standard InChI is InChI=1S/C38H48O6/c1-5-36(20-39-21-36)26-42-32-14-8-29(9-15-32)35(4,30-10-16-33(17-11-30)43-27-37(6-2)22-40-23-37)31-12-18-34(19-13-31)44-28-38(7-3)24-41-25-38/h8-19H,5-7,20-28H2,1-4H3. The molecule has 0 atom stereocenters. The molecule has 236 valence electrons. The number of benzene rings is 3. The highest BCUT2D eigenvalue weighted by molar-refractivity contribution is 5.52. The summed E-state index contributed by atoms with van der Waals surface area (Å²) in [6.45, 7) is 15.6. The summed E-state index contributed by atoms with van der Waals surface area (Å²) >= 11 is 0. The van der Waals surface area contributed by atoms with E-state index in [1.165, 1.54) is 16.7 Å². The van der Waals surface area contributed by atoms with E-state index in [2.05, 4.69) is 100 Å². The van der Waals surface area contributed by atoms with Crippen LogP contribution in [0.15, 0.2) is 72.8 Å². The topological polar surface area (TPSA) is 55.4 Å². The van der Waals surface area contributed by atoms with Crippen LogP contribution in [0.5, 0.6) is 17.2 Å². The van der Waals surface area contributed by atoms with E-state index in [-0.39, 0.29) is 16.2 Å². The molecule has 3 aliphatic heterocycles. The normalized spacial score (nSPS) is 19.6. The van der Waals surface area contributed by atoms with E-state index in [4.69, 9.17) is 28.4 Å². The van der Waals surface area contributed by atoms with Crippen molar-refractivity contribution >= 4 is 0 Å². The Morgan fingerprint density at radius 2 is 0.727 bits per heavy atom. The third kappa shape index (κ3) is 6.09. The summed E-state index contributed by atoms with van der Waals surface area (Å²) in [5.41, 5.74) is 3.61. The van der Waals surface area contributed by atoms with Gasteiger partial charge >= 0.3 is 0 Å². The fourth-order valence-corrected chi connectivity index (χ4v) is 6.20. The molecule has 3 aliphatic rings. The van der Waals surface area contributed by atoms with Crippen LogP contribution in [0.2, 0.25) is 0 Å². The van der Waals surface area contributed by atoms with Crippen molar-refractivity contribution in [1.82, 2.24) is 0 Å². The predicted molar refractivity (Wildman–Crippen MR) is 172 cm³/mol. The van der Waals surface area contributed by atoms with Crippen LogP contribution >= 0.6 is 0 Å². The van der Waals surface area contributed by atoms with Crippen molar-refractivity contribution in [3.63, 3.8) is 0 Å². The molecule has 3 fully saturated rings. The number of hydrogen-bond acceptors (Lipinski definition) is 6. The van der Waals surface area contributed by atoms with E-state index in [1.807, 2.05) is 0 Å². The predicted octanol–water partition coefficient (Wildman–Crippen LogP) is 7.46. The molecule has 0 bridgehead atoms. The van der Waals surface area contributed by atoms with Gasteiger partial charge in [-0.15, -0.1) is 0 Å². The summed E-state index contributed by atoms with van der Waals surface area (Å²) in [6.07, 6.45) is 3.18. The zero-order valence-corrected chi connectivity index (χ0v) is 26.9. The van der Waals surface area contributed by atoms with Gasteiger partial charge in [-0.1, -0.05) is 57.2 Å². The molecule has 0 spiro atoms. The van der Waals surface area contributed by atoms with Crippen LogP contribution in [0.1, 0.15) is 63.6 Å². The van der Waals surface area contributed by atoms with Crippen LogP contribution in [-0.2, 0) is 19.6 Å².